The first kappa shape index (κ1) is 20.1. The van der Waals surface area contributed by atoms with E-state index >= 15 is 0 Å². The van der Waals surface area contributed by atoms with Crippen molar-refractivity contribution in [1.82, 2.24) is 10.1 Å². The molecule has 0 bridgehead atoms. The van der Waals surface area contributed by atoms with Gasteiger partial charge in [0.2, 0.25) is 5.82 Å². The summed E-state index contributed by atoms with van der Waals surface area (Å²) in [6.07, 6.45) is 0. The highest BCUT2D eigenvalue weighted by molar-refractivity contribution is 7.90. The molecule has 7 heteroatoms. The molecule has 4 rings (SSSR count). The Morgan fingerprint density at radius 1 is 0.867 bits per heavy atom. The Labute approximate surface area is 175 Å². The molecule has 6 nitrogen and oxygen atoms in total. The summed E-state index contributed by atoms with van der Waals surface area (Å²) in [5.41, 5.74) is 4.62. The summed E-state index contributed by atoms with van der Waals surface area (Å²) < 4.78 is 37.0. The molecule has 4 aromatic rings. The van der Waals surface area contributed by atoms with E-state index in [1.165, 1.54) is 0 Å². The Morgan fingerprint density at radius 2 is 1.60 bits per heavy atom. The van der Waals surface area contributed by atoms with Crippen molar-refractivity contribution in [3.8, 4) is 23.0 Å². The third-order valence-corrected chi connectivity index (χ3v) is 6.92. The molecule has 0 atom stereocenters. The first-order valence-corrected chi connectivity index (χ1v) is 11.2. The average Bonchev–Trinajstić information content (AvgIpc) is 3.34. The number of benzene rings is 2. The lowest BCUT2D eigenvalue weighted by molar-refractivity contribution is 0.413. The topological polar surface area (TPSA) is 86.2 Å². The molecule has 0 unspecified atom stereocenters. The van der Waals surface area contributed by atoms with Gasteiger partial charge in [-0.15, -0.1) is 0 Å². The molecule has 0 N–H and O–H groups in total. The van der Waals surface area contributed by atoms with Crippen molar-refractivity contribution in [2.45, 2.75) is 38.3 Å². The summed E-state index contributed by atoms with van der Waals surface area (Å²) in [6, 6.07) is 14.6. The molecule has 0 radical (unpaired) electrons. The molecule has 2 aromatic carbocycles. The minimum absolute atomic E-state index is 0.208. The lowest BCUT2D eigenvalue weighted by atomic mass is 10.1. The number of aromatic nitrogens is 2. The Balaban J connectivity index is 1.60. The van der Waals surface area contributed by atoms with E-state index in [-0.39, 0.29) is 11.6 Å². The van der Waals surface area contributed by atoms with E-state index in [1.807, 2.05) is 51.1 Å². The van der Waals surface area contributed by atoms with Crippen LogP contribution in [0.15, 0.2) is 62.4 Å². The summed E-state index contributed by atoms with van der Waals surface area (Å²) in [5, 5.41) is 4.02. The Kier molecular flexibility index (Phi) is 5.07. The normalized spacial score (nSPS) is 11.7. The summed E-state index contributed by atoms with van der Waals surface area (Å²) >= 11 is 0. The quantitative estimate of drug-likeness (QED) is 0.439. The van der Waals surface area contributed by atoms with Gasteiger partial charge in [-0.1, -0.05) is 35.5 Å². The highest BCUT2D eigenvalue weighted by atomic mass is 32.2. The molecular formula is C23H22N2O4S. The number of sulfone groups is 1. The van der Waals surface area contributed by atoms with Crippen molar-refractivity contribution in [3.05, 3.63) is 76.5 Å². The van der Waals surface area contributed by atoms with Gasteiger partial charge in [0.25, 0.3) is 5.89 Å². The van der Waals surface area contributed by atoms with Gasteiger partial charge in [0.1, 0.15) is 11.5 Å². The van der Waals surface area contributed by atoms with Gasteiger partial charge in [-0.25, -0.2) is 8.42 Å². The summed E-state index contributed by atoms with van der Waals surface area (Å²) in [5.74, 6) is 1.08. The number of hydrogen-bond donors (Lipinski definition) is 0. The van der Waals surface area contributed by atoms with Crippen molar-refractivity contribution in [3.63, 3.8) is 0 Å². The maximum atomic E-state index is 12.9. The van der Waals surface area contributed by atoms with Crippen molar-refractivity contribution in [2.75, 3.05) is 0 Å². The molecule has 0 amide bonds. The molecule has 0 aliphatic carbocycles. The van der Waals surface area contributed by atoms with Gasteiger partial charge in [-0.2, -0.15) is 4.98 Å². The second-order valence-electron chi connectivity index (χ2n) is 7.47. The Bertz CT molecular complexity index is 1330. The van der Waals surface area contributed by atoms with E-state index in [4.69, 9.17) is 8.94 Å². The van der Waals surface area contributed by atoms with Crippen LogP contribution in [-0.4, -0.2) is 18.6 Å². The Morgan fingerprint density at radius 3 is 2.37 bits per heavy atom. The molecule has 0 saturated carbocycles. The van der Waals surface area contributed by atoms with E-state index in [1.54, 1.807) is 25.1 Å². The molecule has 0 fully saturated rings. The molecule has 0 saturated heterocycles. The van der Waals surface area contributed by atoms with E-state index < -0.39 is 9.84 Å². The summed E-state index contributed by atoms with van der Waals surface area (Å²) in [4.78, 5) is 4.72. The van der Waals surface area contributed by atoms with E-state index in [0.29, 0.717) is 22.2 Å². The SMILES string of the molecule is Cc1cc(C)c(S(=O)(=O)Cc2ccc(-c3nc(-c4ccccc4C)no3)o2)cc1C. The number of hydrogen-bond acceptors (Lipinski definition) is 6. The zero-order valence-corrected chi connectivity index (χ0v) is 18.1. The van der Waals surface area contributed by atoms with Crippen LogP contribution in [0.3, 0.4) is 0 Å². The molecule has 0 aliphatic rings. The van der Waals surface area contributed by atoms with Crippen LogP contribution in [0.4, 0.5) is 0 Å². The van der Waals surface area contributed by atoms with Gasteiger partial charge in [0.15, 0.2) is 15.6 Å². The van der Waals surface area contributed by atoms with Gasteiger partial charge < -0.3 is 8.94 Å². The summed E-state index contributed by atoms with van der Waals surface area (Å²) in [7, 11) is -3.56. The highest BCUT2D eigenvalue weighted by Crippen LogP contribution is 2.28. The van der Waals surface area contributed by atoms with Gasteiger partial charge in [0, 0.05) is 5.56 Å². The minimum atomic E-state index is -3.56. The maximum absolute atomic E-state index is 12.9. The third-order valence-electron chi connectivity index (χ3n) is 5.14. The molecule has 154 valence electrons. The smallest absolute Gasteiger partial charge is 0.293 e. The van der Waals surface area contributed by atoms with Crippen LogP contribution >= 0.6 is 0 Å². The van der Waals surface area contributed by atoms with E-state index in [2.05, 4.69) is 10.1 Å². The van der Waals surface area contributed by atoms with Crippen LogP contribution in [0, 0.1) is 27.7 Å². The molecular weight excluding hydrogens is 400 g/mol. The maximum Gasteiger partial charge on any atom is 0.293 e. The molecule has 0 spiro atoms. The largest absolute Gasteiger partial charge is 0.455 e. The Hall–Kier alpha value is -3.19. The number of rotatable bonds is 5. The van der Waals surface area contributed by atoms with Gasteiger partial charge in [-0.05, 0) is 68.1 Å². The second-order valence-corrected chi connectivity index (χ2v) is 9.42. The zero-order valence-electron chi connectivity index (χ0n) is 17.3. The molecule has 0 aliphatic heterocycles. The fraction of sp³-hybridized carbons (Fsp3) is 0.217. The monoisotopic (exact) mass is 422 g/mol. The number of aryl methyl sites for hydroxylation is 4. The van der Waals surface area contributed by atoms with Crippen molar-refractivity contribution >= 4 is 9.84 Å². The van der Waals surface area contributed by atoms with E-state index in [0.717, 1.165) is 27.8 Å². The van der Waals surface area contributed by atoms with E-state index in [9.17, 15) is 8.42 Å². The van der Waals surface area contributed by atoms with Crippen LogP contribution in [0.25, 0.3) is 23.0 Å². The van der Waals surface area contributed by atoms with Crippen LogP contribution in [0.2, 0.25) is 0 Å². The molecule has 2 heterocycles. The van der Waals surface area contributed by atoms with Crippen molar-refractivity contribution < 1.29 is 17.4 Å². The lowest BCUT2D eigenvalue weighted by Gasteiger charge is -2.10. The van der Waals surface area contributed by atoms with Crippen molar-refractivity contribution in [1.29, 1.82) is 0 Å². The molecule has 30 heavy (non-hydrogen) atoms. The first-order valence-electron chi connectivity index (χ1n) is 9.54. The lowest BCUT2D eigenvalue weighted by Crippen LogP contribution is -2.07. The average molecular weight is 423 g/mol. The number of furan rings is 1. The summed E-state index contributed by atoms with van der Waals surface area (Å²) in [6.45, 7) is 7.64. The van der Waals surface area contributed by atoms with Gasteiger partial charge in [-0.3, -0.25) is 0 Å². The standard InChI is InChI=1S/C23H22N2O4S/c1-14-7-5-6-8-19(14)22-24-23(29-25-22)20-10-9-18(28-20)13-30(26,27)21-12-16(3)15(2)11-17(21)4/h5-12H,13H2,1-4H3. The van der Waals surface area contributed by atoms with Gasteiger partial charge in [0.05, 0.1) is 4.90 Å². The minimum Gasteiger partial charge on any atom is -0.455 e. The molecule has 2 aromatic heterocycles. The highest BCUT2D eigenvalue weighted by Gasteiger charge is 2.22. The zero-order chi connectivity index (χ0) is 21.5. The predicted octanol–water partition coefficient (Wildman–Crippen LogP) is 5.20. The fourth-order valence-corrected chi connectivity index (χ4v) is 4.95. The van der Waals surface area contributed by atoms with Crippen LogP contribution in [0.5, 0.6) is 0 Å². The van der Waals surface area contributed by atoms with Gasteiger partial charge >= 0.3 is 0 Å². The van der Waals surface area contributed by atoms with Crippen LogP contribution in [0.1, 0.15) is 28.0 Å². The second kappa shape index (κ2) is 7.57. The van der Waals surface area contributed by atoms with Crippen molar-refractivity contribution in [2.24, 2.45) is 0 Å². The fourth-order valence-electron chi connectivity index (χ4n) is 3.36. The third kappa shape index (κ3) is 3.80. The van der Waals surface area contributed by atoms with Crippen LogP contribution in [-0.2, 0) is 15.6 Å². The predicted molar refractivity (Wildman–Crippen MR) is 114 cm³/mol. The van der Waals surface area contributed by atoms with Crippen LogP contribution < -0.4 is 0 Å². The number of nitrogens with zero attached hydrogens (tertiary/aromatic N) is 2. The first-order chi connectivity index (χ1) is 14.2.